The summed E-state index contributed by atoms with van der Waals surface area (Å²) in [6.45, 7) is 3.23. The van der Waals surface area contributed by atoms with Crippen LogP contribution in [0.2, 0.25) is 10.0 Å². The van der Waals surface area contributed by atoms with Crippen molar-refractivity contribution in [2.75, 3.05) is 43.2 Å². The average molecular weight is 606 g/mol. The normalized spacial score (nSPS) is 15.8. The molecule has 1 atom stereocenters. The van der Waals surface area contributed by atoms with E-state index < -0.39 is 42.3 Å². The lowest BCUT2D eigenvalue weighted by Crippen LogP contribution is -2.45. The van der Waals surface area contributed by atoms with E-state index in [9.17, 15) is 25.6 Å². The van der Waals surface area contributed by atoms with E-state index in [0.29, 0.717) is 19.6 Å². The van der Waals surface area contributed by atoms with E-state index >= 15 is 0 Å². The van der Waals surface area contributed by atoms with Crippen LogP contribution >= 0.6 is 23.2 Å². The van der Waals surface area contributed by atoms with Gasteiger partial charge in [0, 0.05) is 49.5 Å². The number of aromatic nitrogens is 1. The smallest absolute Gasteiger partial charge is 0.235 e. The van der Waals surface area contributed by atoms with E-state index in [1.54, 1.807) is 0 Å². The summed E-state index contributed by atoms with van der Waals surface area (Å²) in [6.07, 6.45) is 1.06. The van der Waals surface area contributed by atoms with Crippen LogP contribution < -0.4 is 10.0 Å². The summed E-state index contributed by atoms with van der Waals surface area (Å²) >= 11 is 12.2. The lowest BCUT2D eigenvalue weighted by molar-refractivity contribution is 0.254. The molecule has 1 aliphatic heterocycles. The fourth-order valence-electron chi connectivity index (χ4n) is 4.08. The molecule has 1 aliphatic rings. The number of nitrogens with zero attached hydrogens (tertiary/aromatic N) is 2. The van der Waals surface area contributed by atoms with E-state index in [0.717, 1.165) is 43.6 Å². The van der Waals surface area contributed by atoms with E-state index in [-0.39, 0.29) is 32.1 Å². The van der Waals surface area contributed by atoms with E-state index in [1.807, 2.05) is 4.90 Å². The van der Waals surface area contributed by atoms with E-state index in [4.69, 9.17) is 23.2 Å². The van der Waals surface area contributed by atoms with Crippen LogP contribution in [0.1, 0.15) is 16.4 Å². The molecule has 204 valence electrons. The highest BCUT2D eigenvalue weighted by Gasteiger charge is 2.35. The summed E-state index contributed by atoms with van der Waals surface area (Å²) in [5, 5.41) is 1.46. The van der Waals surface area contributed by atoms with Crippen molar-refractivity contribution in [1.82, 2.24) is 15.2 Å². The van der Waals surface area contributed by atoms with Gasteiger partial charge in [-0.15, -0.1) is 0 Å². The SMILES string of the molecule is O=S(=O)(CCN1CCNCC1)Nc1cc(C(c2cc(F)ccc2F)S(=O)(=O)c2ccc(Cl)cc2)c(Cl)cn1. The summed E-state index contributed by atoms with van der Waals surface area (Å²) in [5.74, 6) is -2.29. The zero-order chi connectivity index (χ0) is 27.5. The van der Waals surface area contributed by atoms with Gasteiger partial charge in [0.25, 0.3) is 0 Å². The Hall–Kier alpha value is -2.35. The third-order valence-electron chi connectivity index (χ3n) is 6.01. The van der Waals surface area contributed by atoms with Gasteiger partial charge in [0.05, 0.1) is 15.7 Å². The first-order chi connectivity index (χ1) is 18.0. The molecule has 1 saturated heterocycles. The highest BCUT2D eigenvalue weighted by Crippen LogP contribution is 2.40. The number of halogens is 4. The monoisotopic (exact) mass is 604 g/mol. The van der Waals surface area contributed by atoms with Crippen LogP contribution in [0.4, 0.5) is 14.6 Å². The molecular weight excluding hydrogens is 581 g/mol. The Kier molecular flexibility index (Phi) is 8.90. The Morgan fingerprint density at radius 3 is 2.34 bits per heavy atom. The predicted octanol–water partition coefficient (Wildman–Crippen LogP) is 3.88. The van der Waals surface area contributed by atoms with E-state index in [2.05, 4.69) is 15.0 Å². The summed E-state index contributed by atoms with van der Waals surface area (Å²) < 4.78 is 84.6. The van der Waals surface area contributed by atoms with Crippen LogP contribution in [-0.2, 0) is 19.9 Å². The second-order valence-electron chi connectivity index (χ2n) is 8.65. The maximum absolute atomic E-state index is 15.0. The first kappa shape index (κ1) is 28.7. The fourth-order valence-corrected chi connectivity index (χ4v) is 7.35. The van der Waals surface area contributed by atoms with Crippen LogP contribution in [0.3, 0.4) is 0 Å². The molecule has 2 N–H and O–H groups in total. The Labute approximate surface area is 229 Å². The maximum atomic E-state index is 15.0. The molecule has 1 fully saturated rings. The molecule has 0 radical (unpaired) electrons. The Morgan fingerprint density at radius 1 is 0.974 bits per heavy atom. The van der Waals surface area contributed by atoms with Crippen LogP contribution in [0.25, 0.3) is 0 Å². The molecule has 4 rings (SSSR count). The molecule has 0 bridgehead atoms. The van der Waals surface area contributed by atoms with Crippen molar-refractivity contribution in [3.05, 3.63) is 87.5 Å². The minimum Gasteiger partial charge on any atom is -0.314 e. The number of anilines is 1. The van der Waals surface area contributed by atoms with Crippen molar-refractivity contribution in [1.29, 1.82) is 0 Å². The molecule has 38 heavy (non-hydrogen) atoms. The number of benzene rings is 2. The van der Waals surface area contributed by atoms with Gasteiger partial charge in [0.2, 0.25) is 10.0 Å². The van der Waals surface area contributed by atoms with Crippen molar-refractivity contribution in [3.63, 3.8) is 0 Å². The summed E-state index contributed by atoms with van der Waals surface area (Å²) in [5.41, 5.74) is -0.679. The fraction of sp³-hybridized carbons (Fsp3) is 0.292. The van der Waals surface area contributed by atoms with Gasteiger partial charge < -0.3 is 5.32 Å². The van der Waals surface area contributed by atoms with Crippen molar-refractivity contribution in [2.45, 2.75) is 10.1 Å². The number of hydrogen-bond donors (Lipinski definition) is 2. The van der Waals surface area contributed by atoms with Crippen molar-refractivity contribution in [3.8, 4) is 0 Å². The first-order valence-electron chi connectivity index (χ1n) is 11.5. The molecule has 1 aromatic heterocycles. The number of hydrogen-bond acceptors (Lipinski definition) is 7. The molecule has 8 nitrogen and oxygen atoms in total. The second-order valence-corrected chi connectivity index (χ2v) is 13.4. The molecule has 2 heterocycles. The Morgan fingerprint density at radius 2 is 1.66 bits per heavy atom. The van der Waals surface area contributed by atoms with Gasteiger partial charge >= 0.3 is 0 Å². The van der Waals surface area contributed by atoms with Gasteiger partial charge in [-0.3, -0.25) is 9.62 Å². The highest BCUT2D eigenvalue weighted by atomic mass is 35.5. The van der Waals surface area contributed by atoms with Gasteiger partial charge in [-0.25, -0.2) is 30.6 Å². The molecule has 0 aliphatic carbocycles. The quantitative estimate of drug-likeness (QED) is 0.381. The zero-order valence-corrected chi connectivity index (χ0v) is 23.0. The van der Waals surface area contributed by atoms with Crippen LogP contribution in [0.5, 0.6) is 0 Å². The number of rotatable bonds is 9. The van der Waals surface area contributed by atoms with Crippen molar-refractivity contribution >= 4 is 48.9 Å². The summed E-state index contributed by atoms with van der Waals surface area (Å²) in [7, 11) is -8.32. The summed E-state index contributed by atoms with van der Waals surface area (Å²) in [4.78, 5) is 5.75. The van der Waals surface area contributed by atoms with Crippen LogP contribution in [0, 0.1) is 11.6 Å². The molecule has 14 heteroatoms. The van der Waals surface area contributed by atoms with Crippen LogP contribution in [0.15, 0.2) is 59.6 Å². The molecular formula is C24H24Cl2F2N4O4S2. The molecule has 1 unspecified atom stereocenters. The van der Waals surface area contributed by atoms with Gasteiger partial charge in [-0.2, -0.15) is 0 Å². The largest absolute Gasteiger partial charge is 0.314 e. The zero-order valence-electron chi connectivity index (χ0n) is 19.9. The third-order valence-corrected chi connectivity index (χ3v) is 9.87. The van der Waals surface area contributed by atoms with E-state index in [1.165, 1.54) is 24.3 Å². The molecule has 0 spiro atoms. The topological polar surface area (TPSA) is 108 Å². The lowest BCUT2D eigenvalue weighted by atomic mass is 10.0. The number of nitrogens with one attached hydrogen (secondary N) is 2. The lowest BCUT2D eigenvalue weighted by Gasteiger charge is -2.27. The predicted molar refractivity (Wildman–Crippen MR) is 143 cm³/mol. The standard InChI is InChI=1S/C24H24Cl2F2N4O4S2/c25-16-1-4-18(5-2-16)38(35,36)24(20-13-17(27)3-6-22(20)28)19-14-23(30-15-21(19)26)31-37(33,34)12-11-32-9-7-29-8-10-32/h1-6,13-15,24,29H,7-12H2,(H,30,31). The third kappa shape index (κ3) is 6.80. The molecule has 3 aromatic rings. The highest BCUT2D eigenvalue weighted by molar-refractivity contribution is 7.92. The van der Waals surface area contributed by atoms with Crippen molar-refractivity contribution in [2.24, 2.45) is 0 Å². The number of sulfonamides is 1. The maximum Gasteiger partial charge on any atom is 0.235 e. The average Bonchev–Trinajstić information content (AvgIpc) is 2.87. The second kappa shape index (κ2) is 11.8. The minimum absolute atomic E-state index is 0.180. The number of pyridine rings is 1. The molecule has 0 saturated carbocycles. The number of sulfone groups is 1. The molecule has 2 aromatic carbocycles. The van der Waals surface area contributed by atoms with Crippen LogP contribution in [-0.4, -0.2) is 65.2 Å². The van der Waals surface area contributed by atoms with Crippen molar-refractivity contribution < 1.29 is 25.6 Å². The molecule has 0 amide bonds. The first-order valence-corrected chi connectivity index (χ1v) is 15.5. The van der Waals surface area contributed by atoms with Gasteiger partial charge in [-0.1, -0.05) is 23.2 Å². The number of piperazine rings is 1. The Bertz CT molecular complexity index is 1520. The minimum atomic E-state index is -4.44. The summed E-state index contributed by atoms with van der Waals surface area (Å²) in [6, 6.07) is 8.71. The Balaban J connectivity index is 1.73. The van der Waals surface area contributed by atoms with Gasteiger partial charge in [0.1, 0.15) is 22.7 Å². The van der Waals surface area contributed by atoms with Gasteiger partial charge in [0.15, 0.2) is 9.84 Å². The van der Waals surface area contributed by atoms with Gasteiger partial charge in [-0.05, 0) is 54.1 Å².